The van der Waals surface area contributed by atoms with Gasteiger partial charge >= 0.3 is 12.2 Å². The van der Waals surface area contributed by atoms with Crippen molar-refractivity contribution >= 4 is 24.0 Å². The molecule has 3 rings (SSSR count). The minimum absolute atomic E-state index is 0.121. The number of imide groups is 1. The van der Waals surface area contributed by atoms with Crippen LogP contribution in [0.15, 0.2) is 54.6 Å². The van der Waals surface area contributed by atoms with Gasteiger partial charge in [0.2, 0.25) is 0 Å². The number of nitrogens with one attached hydrogen (secondary N) is 1. The smallest absolute Gasteiger partial charge is 0.429 e. The van der Waals surface area contributed by atoms with E-state index >= 15 is 0 Å². The van der Waals surface area contributed by atoms with E-state index < -0.39 is 18.2 Å². The number of hydrogen-bond donors (Lipinski definition) is 1. The first-order valence-corrected chi connectivity index (χ1v) is 10.9. The van der Waals surface area contributed by atoms with Gasteiger partial charge in [-0.25, -0.2) is 20.0 Å². The molecule has 0 bridgehead atoms. The molecule has 1 aliphatic rings. The molecule has 0 aliphatic carbocycles. The Balaban J connectivity index is 1.78. The second-order valence-corrected chi connectivity index (χ2v) is 7.28. The molecule has 2 aromatic carbocycles. The molecule has 9 heteroatoms. The Morgan fingerprint density at radius 3 is 2.06 bits per heavy atom. The van der Waals surface area contributed by atoms with Crippen LogP contribution in [0.1, 0.15) is 59.0 Å². The minimum Gasteiger partial charge on any atom is -0.449 e. The molecule has 9 nitrogen and oxygen atoms in total. The maximum Gasteiger partial charge on any atom is 0.429 e. The zero-order chi connectivity index (χ0) is 23.8. The Morgan fingerprint density at radius 1 is 0.909 bits per heavy atom. The fraction of sp³-hybridized carbons (Fsp3) is 0.333. The topological polar surface area (TPSA) is 105 Å². The quantitative estimate of drug-likeness (QED) is 0.480. The Labute approximate surface area is 192 Å². The third-order valence-electron chi connectivity index (χ3n) is 5.19. The van der Waals surface area contributed by atoms with Crippen molar-refractivity contribution in [1.82, 2.24) is 15.3 Å². The third-order valence-corrected chi connectivity index (χ3v) is 5.19. The number of nitrogens with zero attached hydrogens (tertiary/aromatic N) is 2. The van der Waals surface area contributed by atoms with Crippen molar-refractivity contribution in [3.05, 3.63) is 71.3 Å². The summed E-state index contributed by atoms with van der Waals surface area (Å²) >= 11 is 0. The molecule has 1 heterocycles. The van der Waals surface area contributed by atoms with E-state index in [0.717, 1.165) is 10.6 Å². The Kier molecular flexibility index (Phi) is 8.01. The van der Waals surface area contributed by atoms with E-state index in [-0.39, 0.29) is 31.6 Å². The van der Waals surface area contributed by atoms with Crippen molar-refractivity contribution in [3.8, 4) is 0 Å². The lowest BCUT2D eigenvalue weighted by atomic mass is 10.0. The molecule has 0 saturated carbocycles. The molecule has 2 aromatic rings. The van der Waals surface area contributed by atoms with Gasteiger partial charge in [0.15, 0.2) is 0 Å². The first kappa shape index (κ1) is 23.8. The third kappa shape index (κ3) is 5.49. The lowest BCUT2D eigenvalue weighted by Crippen LogP contribution is -2.49. The van der Waals surface area contributed by atoms with Crippen LogP contribution in [0.3, 0.4) is 0 Å². The highest BCUT2D eigenvalue weighted by atomic mass is 16.6. The molecule has 1 N–H and O–H groups in total. The molecule has 174 valence electrons. The van der Waals surface area contributed by atoms with Gasteiger partial charge in [0.25, 0.3) is 11.8 Å². The molecule has 0 fully saturated rings. The van der Waals surface area contributed by atoms with E-state index in [4.69, 9.17) is 9.47 Å². The van der Waals surface area contributed by atoms with Gasteiger partial charge in [-0.05, 0) is 44.4 Å². The molecule has 1 atom stereocenters. The molecule has 0 radical (unpaired) electrons. The number of amides is 4. The van der Waals surface area contributed by atoms with Gasteiger partial charge in [-0.15, -0.1) is 0 Å². The van der Waals surface area contributed by atoms with E-state index in [1.807, 2.05) is 30.3 Å². The maximum absolute atomic E-state index is 12.7. The number of hydrazine groups is 1. The van der Waals surface area contributed by atoms with Crippen LogP contribution in [0.5, 0.6) is 0 Å². The molecule has 0 spiro atoms. The van der Waals surface area contributed by atoms with E-state index in [1.165, 1.54) is 4.90 Å². The number of carbonyl (C=O) groups excluding carboxylic acids is 4. The number of benzene rings is 2. The van der Waals surface area contributed by atoms with Gasteiger partial charge in [-0.1, -0.05) is 42.5 Å². The summed E-state index contributed by atoms with van der Waals surface area (Å²) in [7, 11) is 0. The molecule has 1 aliphatic heterocycles. The van der Waals surface area contributed by atoms with Crippen LogP contribution >= 0.6 is 0 Å². The van der Waals surface area contributed by atoms with Crippen molar-refractivity contribution in [2.24, 2.45) is 0 Å². The van der Waals surface area contributed by atoms with Crippen LogP contribution in [0, 0.1) is 0 Å². The maximum atomic E-state index is 12.7. The van der Waals surface area contributed by atoms with Gasteiger partial charge in [0.05, 0.1) is 30.4 Å². The van der Waals surface area contributed by atoms with Crippen molar-refractivity contribution in [2.75, 3.05) is 19.8 Å². The average Bonchev–Trinajstić information content (AvgIpc) is 3.06. The van der Waals surface area contributed by atoms with Gasteiger partial charge in [0.1, 0.15) is 0 Å². The monoisotopic (exact) mass is 453 g/mol. The lowest BCUT2D eigenvalue weighted by molar-refractivity contribution is 0.0503. The van der Waals surface area contributed by atoms with Crippen LogP contribution in [0.2, 0.25) is 0 Å². The number of rotatable bonds is 8. The Morgan fingerprint density at radius 2 is 1.48 bits per heavy atom. The van der Waals surface area contributed by atoms with Crippen LogP contribution in [0.4, 0.5) is 9.59 Å². The average molecular weight is 453 g/mol. The largest absolute Gasteiger partial charge is 0.449 e. The molecular weight excluding hydrogens is 426 g/mol. The molecule has 0 aromatic heterocycles. The molecule has 33 heavy (non-hydrogen) atoms. The summed E-state index contributed by atoms with van der Waals surface area (Å²) < 4.78 is 10.1. The normalized spacial score (nSPS) is 13.3. The first-order valence-electron chi connectivity index (χ1n) is 10.9. The van der Waals surface area contributed by atoms with Crippen LogP contribution < -0.4 is 5.43 Å². The van der Waals surface area contributed by atoms with Gasteiger partial charge < -0.3 is 9.47 Å². The fourth-order valence-corrected chi connectivity index (χ4v) is 3.71. The fourth-order valence-electron chi connectivity index (χ4n) is 3.71. The summed E-state index contributed by atoms with van der Waals surface area (Å²) in [5.74, 6) is -0.669. The van der Waals surface area contributed by atoms with Crippen molar-refractivity contribution in [2.45, 2.75) is 32.7 Å². The second-order valence-electron chi connectivity index (χ2n) is 7.28. The van der Waals surface area contributed by atoms with E-state index in [1.54, 1.807) is 38.1 Å². The summed E-state index contributed by atoms with van der Waals surface area (Å²) in [6, 6.07) is 15.2. The predicted molar refractivity (Wildman–Crippen MR) is 119 cm³/mol. The lowest BCUT2D eigenvalue weighted by Gasteiger charge is -2.31. The number of hydrogen-bond acceptors (Lipinski definition) is 6. The second kappa shape index (κ2) is 11.1. The predicted octanol–water partition coefficient (Wildman–Crippen LogP) is 3.92. The summed E-state index contributed by atoms with van der Waals surface area (Å²) in [5, 5.41) is 1.10. The Hall–Kier alpha value is -3.88. The zero-order valence-corrected chi connectivity index (χ0v) is 18.7. The molecule has 0 saturated heterocycles. The molecular formula is C24H27N3O6. The summed E-state index contributed by atoms with van der Waals surface area (Å²) in [5.41, 5.74) is 3.99. The highest BCUT2D eigenvalue weighted by Gasteiger charge is 2.35. The highest BCUT2D eigenvalue weighted by Crippen LogP contribution is 2.27. The highest BCUT2D eigenvalue weighted by molar-refractivity contribution is 6.21. The first-order chi connectivity index (χ1) is 16.0. The van der Waals surface area contributed by atoms with Gasteiger partial charge in [0, 0.05) is 6.54 Å². The van der Waals surface area contributed by atoms with Crippen LogP contribution in [-0.2, 0) is 9.47 Å². The minimum atomic E-state index is -0.785. The van der Waals surface area contributed by atoms with Gasteiger partial charge in [-0.2, -0.15) is 0 Å². The Bertz CT molecular complexity index is 975. The summed E-state index contributed by atoms with van der Waals surface area (Å²) in [6.07, 6.45) is -0.777. The zero-order valence-electron chi connectivity index (χ0n) is 18.7. The van der Waals surface area contributed by atoms with E-state index in [0.29, 0.717) is 24.0 Å². The SMILES string of the molecule is CCOC(=O)NN(C(=O)OCC)C(CCCN1C(=O)c2ccccc2C1=O)c1ccccc1. The van der Waals surface area contributed by atoms with Crippen molar-refractivity contribution in [1.29, 1.82) is 0 Å². The summed E-state index contributed by atoms with van der Waals surface area (Å²) in [4.78, 5) is 51.3. The molecule has 1 unspecified atom stereocenters. The standard InChI is InChI=1S/C24H27N3O6/c1-3-32-23(30)25-27(24(31)33-4-2)20(17-11-6-5-7-12-17)15-10-16-26-21(28)18-13-8-9-14-19(18)22(26)29/h5-9,11-14,20H,3-4,10,15-16H2,1-2H3,(H,25,30). The van der Waals surface area contributed by atoms with Crippen LogP contribution in [-0.4, -0.2) is 53.7 Å². The van der Waals surface area contributed by atoms with E-state index in [9.17, 15) is 19.2 Å². The number of carbonyl (C=O) groups is 4. The number of fused-ring (bicyclic) bond motifs is 1. The van der Waals surface area contributed by atoms with Gasteiger partial charge in [-0.3, -0.25) is 14.5 Å². The van der Waals surface area contributed by atoms with E-state index in [2.05, 4.69) is 5.43 Å². The molecule has 4 amide bonds. The summed E-state index contributed by atoms with van der Waals surface area (Å²) in [6.45, 7) is 3.76. The van der Waals surface area contributed by atoms with Crippen molar-refractivity contribution < 1.29 is 28.7 Å². The number of ether oxygens (including phenoxy) is 2. The van der Waals surface area contributed by atoms with Crippen molar-refractivity contribution in [3.63, 3.8) is 0 Å². The van der Waals surface area contributed by atoms with Crippen LogP contribution in [0.25, 0.3) is 0 Å².